The summed E-state index contributed by atoms with van der Waals surface area (Å²) in [7, 11) is 0. The van der Waals surface area contributed by atoms with Crippen molar-refractivity contribution in [1.29, 1.82) is 0 Å². The van der Waals surface area contributed by atoms with Crippen LogP contribution < -0.4 is 5.32 Å². The summed E-state index contributed by atoms with van der Waals surface area (Å²) in [5.74, 6) is -1.32. The first-order valence-corrected chi connectivity index (χ1v) is 9.70. The van der Waals surface area contributed by atoms with Crippen molar-refractivity contribution in [2.24, 2.45) is 0 Å². The number of benzene rings is 3. The minimum absolute atomic E-state index is 0.0526. The number of carboxylic acid groups (broad SMARTS) is 1. The maximum absolute atomic E-state index is 12.3. The molecule has 0 aliphatic heterocycles. The Morgan fingerprint density at radius 3 is 2.37 bits per heavy atom. The van der Waals surface area contributed by atoms with E-state index in [2.05, 4.69) is 5.32 Å². The number of fused-ring (bicyclic) bond motifs is 3. The Hall–Kier alpha value is -3.80. The van der Waals surface area contributed by atoms with Gasteiger partial charge in [-0.25, -0.2) is 4.79 Å². The van der Waals surface area contributed by atoms with Crippen LogP contribution in [0, 0.1) is 0 Å². The minimum Gasteiger partial charge on any atom is -0.508 e. The van der Waals surface area contributed by atoms with Crippen LogP contribution in [0.5, 0.6) is 5.75 Å². The lowest BCUT2D eigenvalue weighted by atomic mass is 10.0. The van der Waals surface area contributed by atoms with Crippen LogP contribution in [-0.2, 0) is 22.4 Å². The van der Waals surface area contributed by atoms with Gasteiger partial charge >= 0.3 is 5.97 Å². The van der Waals surface area contributed by atoms with Gasteiger partial charge in [-0.2, -0.15) is 0 Å². The summed E-state index contributed by atoms with van der Waals surface area (Å²) in [5, 5.41) is 23.4. The molecule has 30 heavy (non-hydrogen) atoms. The van der Waals surface area contributed by atoms with Crippen molar-refractivity contribution in [3.05, 3.63) is 77.9 Å². The van der Waals surface area contributed by atoms with Crippen LogP contribution in [-0.4, -0.2) is 28.1 Å². The summed E-state index contributed by atoms with van der Waals surface area (Å²) in [6, 6.07) is 18.9. The fourth-order valence-corrected chi connectivity index (χ4v) is 3.54. The van der Waals surface area contributed by atoms with E-state index in [4.69, 9.17) is 4.42 Å². The highest BCUT2D eigenvalue weighted by atomic mass is 16.4. The van der Waals surface area contributed by atoms with Crippen LogP contribution in [0.1, 0.15) is 17.5 Å². The standard InChI is InChI=1S/C24H21NO5/c26-17-9-5-16(6-10-17)14-23(27)25-20(24(28)29)11-7-15-8-12-22-19(13-15)18-3-1-2-4-21(18)30-22/h1-6,8-10,12-13,20,26H,7,11,14H2,(H,25,27)(H,28,29)/t20-/m0/s1. The predicted octanol–water partition coefficient (Wildman–Crippen LogP) is 4.04. The van der Waals surface area contributed by atoms with E-state index < -0.39 is 12.0 Å². The van der Waals surface area contributed by atoms with Crippen molar-refractivity contribution in [1.82, 2.24) is 5.32 Å². The number of rotatable bonds is 7. The molecule has 6 nitrogen and oxygen atoms in total. The van der Waals surface area contributed by atoms with Crippen molar-refractivity contribution in [3.63, 3.8) is 0 Å². The number of aromatic hydroxyl groups is 1. The molecular weight excluding hydrogens is 382 g/mol. The van der Waals surface area contributed by atoms with Crippen molar-refractivity contribution in [2.45, 2.75) is 25.3 Å². The molecule has 1 aromatic heterocycles. The molecule has 4 rings (SSSR count). The summed E-state index contributed by atoms with van der Waals surface area (Å²) in [6.07, 6.45) is 0.834. The van der Waals surface area contributed by atoms with E-state index in [0.29, 0.717) is 12.0 Å². The second-order valence-corrected chi connectivity index (χ2v) is 7.27. The number of para-hydroxylation sites is 1. The van der Waals surface area contributed by atoms with Gasteiger partial charge in [0.25, 0.3) is 0 Å². The zero-order valence-corrected chi connectivity index (χ0v) is 16.2. The van der Waals surface area contributed by atoms with E-state index in [0.717, 1.165) is 27.5 Å². The Morgan fingerprint density at radius 1 is 0.900 bits per heavy atom. The highest BCUT2D eigenvalue weighted by Crippen LogP contribution is 2.29. The van der Waals surface area contributed by atoms with Gasteiger partial charge in [-0.05, 0) is 54.3 Å². The van der Waals surface area contributed by atoms with E-state index in [-0.39, 0.29) is 24.5 Å². The number of carboxylic acids is 1. The molecule has 0 fully saturated rings. The number of aryl methyl sites for hydroxylation is 1. The molecule has 4 aromatic rings. The van der Waals surface area contributed by atoms with Crippen LogP contribution >= 0.6 is 0 Å². The van der Waals surface area contributed by atoms with E-state index in [1.165, 1.54) is 12.1 Å². The molecule has 0 aliphatic carbocycles. The molecule has 6 heteroatoms. The lowest BCUT2D eigenvalue weighted by Crippen LogP contribution is -2.41. The molecule has 0 radical (unpaired) electrons. The molecule has 3 N–H and O–H groups in total. The molecule has 1 amide bonds. The Balaban J connectivity index is 1.43. The third-order valence-electron chi connectivity index (χ3n) is 5.10. The van der Waals surface area contributed by atoms with Gasteiger partial charge in [0.15, 0.2) is 0 Å². The second kappa shape index (κ2) is 8.29. The van der Waals surface area contributed by atoms with Gasteiger partial charge in [0, 0.05) is 10.8 Å². The van der Waals surface area contributed by atoms with Gasteiger partial charge < -0.3 is 19.9 Å². The van der Waals surface area contributed by atoms with Crippen LogP contribution in [0.4, 0.5) is 0 Å². The summed E-state index contributed by atoms with van der Waals surface area (Å²) in [5.41, 5.74) is 3.28. The highest BCUT2D eigenvalue weighted by Gasteiger charge is 2.20. The third-order valence-corrected chi connectivity index (χ3v) is 5.10. The number of phenolic OH excluding ortho intramolecular Hbond substituents is 1. The Morgan fingerprint density at radius 2 is 1.60 bits per heavy atom. The molecule has 1 atom stereocenters. The maximum Gasteiger partial charge on any atom is 0.326 e. The molecule has 3 aromatic carbocycles. The fraction of sp³-hybridized carbons (Fsp3) is 0.167. The van der Waals surface area contributed by atoms with Gasteiger partial charge in [0.1, 0.15) is 23.0 Å². The largest absolute Gasteiger partial charge is 0.508 e. The smallest absolute Gasteiger partial charge is 0.326 e. The lowest BCUT2D eigenvalue weighted by molar-refractivity contribution is -0.141. The Bertz CT molecular complexity index is 1210. The molecule has 0 bridgehead atoms. The van der Waals surface area contributed by atoms with Gasteiger partial charge in [-0.1, -0.05) is 36.4 Å². The maximum atomic E-state index is 12.3. The Kier molecular flexibility index (Phi) is 5.39. The van der Waals surface area contributed by atoms with Crippen molar-refractivity contribution in [3.8, 4) is 5.75 Å². The first kappa shape index (κ1) is 19.5. The van der Waals surface area contributed by atoms with E-state index >= 15 is 0 Å². The molecule has 152 valence electrons. The molecule has 0 saturated heterocycles. The van der Waals surface area contributed by atoms with Crippen molar-refractivity contribution in [2.75, 3.05) is 0 Å². The SMILES string of the molecule is O=C(Cc1ccc(O)cc1)N[C@@H](CCc1ccc2oc3ccccc3c2c1)C(=O)O. The van der Waals surface area contributed by atoms with Gasteiger partial charge in [-0.15, -0.1) is 0 Å². The first-order valence-electron chi connectivity index (χ1n) is 9.70. The van der Waals surface area contributed by atoms with Crippen LogP contribution in [0.25, 0.3) is 21.9 Å². The quantitative estimate of drug-likeness (QED) is 0.433. The summed E-state index contributed by atoms with van der Waals surface area (Å²) in [4.78, 5) is 23.9. The average molecular weight is 403 g/mol. The second-order valence-electron chi connectivity index (χ2n) is 7.27. The zero-order chi connectivity index (χ0) is 21.1. The van der Waals surface area contributed by atoms with Gasteiger partial charge in [0.05, 0.1) is 6.42 Å². The van der Waals surface area contributed by atoms with E-state index in [1.807, 2.05) is 42.5 Å². The number of amides is 1. The third kappa shape index (κ3) is 4.27. The molecule has 0 saturated carbocycles. The summed E-state index contributed by atoms with van der Waals surface area (Å²) < 4.78 is 5.82. The number of nitrogens with one attached hydrogen (secondary N) is 1. The van der Waals surface area contributed by atoms with Crippen LogP contribution in [0.15, 0.2) is 71.1 Å². The molecule has 0 unspecified atom stereocenters. The number of hydrogen-bond acceptors (Lipinski definition) is 4. The van der Waals surface area contributed by atoms with Crippen molar-refractivity contribution < 1.29 is 24.2 Å². The Labute approximate surface area is 172 Å². The summed E-state index contributed by atoms with van der Waals surface area (Å²) >= 11 is 0. The number of carbonyl (C=O) groups excluding carboxylic acids is 1. The topological polar surface area (TPSA) is 99.8 Å². The number of hydrogen-bond donors (Lipinski definition) is 3. The first-order chi connectivity index (χ1) is 14.5. The summed E-state index contributed by atoms with van der Waals surface area (Å²) in [6.45, 7) is 0. The molecule has 0 spiro atoms. The average Bonchev–Trinajstić information content (AvgIpc) is 3.10. The predicted molar refractivity (Wildman–Crippen MR) is 113 cm³/mol. The van der Waals surface area contributed by atoms with Gasteiger partial charge in [-0.3, -0.25) is 4.79 Å². The number of carbonyl (C=O) groups is 2. The van der Waals surface area contributed by atoms with Crippen LogP contribution in [0.2, 0.25) is 0 Å². The normalized spacial score (nSPS) is 12.1. The van der Waals surface area contributed by atoms with Gasteiger partial charge in [0.2, 0.25) is 5.91 Å². The van der Waals surface area contributed by atoms with E-state index in [1.54, 1.807) is 12.1 Å². The highest BCUT2D eigenvalue weighted by molar-refractivity contribution is 6.05. The minimum atomic E-state index is -1.07. The molecule has 1 heterocycles. The lowest BCUT2D eigenvalue weighted by Gasteiger charge is -2.15. The number of phenols is 1. The zero-order valence-electron chi connectivity index (χ0n) is 16.2. The van der Waals surface area contributed by atoms with Crippen LogP contribution in [0.3, 0.4) is 0 Å². The van der Waals surface area contributed by atoms with Crippen molar-refractivity contribution >= 4 is 33.8 Å². The molecular formula is C24H21NO5. The monoisotopic (exact) mass is 403 g/mol. The van der Waals surface area contributed by atoms with E-state index in [9.17, 15) is 19.8 Å². The number of aliphatic carboxylic acids is 1. The number of furan rings is 1. The molecule has 0 aliphatic rings. The fourth-order valence-electron chi connectivity index (χ4n) is 3.54.